The fourth-order valence-corrected chi connectivity index (χ4v) is 2.91. The molecule has 1 N–H and O–H groups in total. The summed E-state index contributed by atoms with van der Waals surface area (Å²) in [6.07, 6.45) is 1.19. The van der Waals surface area contributed by atoms with Crippen molar-refractivity contribution in [1.82, 2.24) is 5.32 Å². The van der Waals surface area contributed by atoms with E-state index in [1.54, 1.807) is 14.2 Å². The Bertz CT molecular complexity index is 464. The number of piperazine rings is 1. The molecule has 0 saturated carbocycles. The highest BCUT2D eigenvalue weighted by atomic mass is 16.5. The number of anilines is 1. The summed E-state index contributed by atoms with van der Waals surface area (Å²) in [7, 11) is 3.43. The Kier molecular flexibility index (Phi) is 5.34. The Labute approximate surface area is 128 Å². The maximum absolute atomic E-state index is 5.55. The van der Waals surface area contributed by atoms with Crippen LogP contribution in [0.5, 0.6) is 11.5 Å². The molecule has 1 fully saturated rings. The van der Waals surface area contributed by atoms with Crippen molar-refractivity contribution >= 4 is 5.69 Å². The van der Waals surface area contributed by atoms with E-state index in [2.05, 4.69) is 37.1 Å². The van der Waals surface area contributed by atoms with Crippen LogP contribution in [0.1, 0.15) is 27.2 Å². The molecule has 3 atom stereocenters. The lowest BCUT2D eigenvalue weighted by molar-refractivity contribution is 0.313. The number of hydrogen-bond donors (Lipinski definition) is 1. The van der Waals surface area contributed by atoms with Gasteiger partial charge in [0, 0.05) is 31.2 Å². The zero-order chi connectivity index (χ0) is 15.4. The van der Waals surface area contributed by atoms with Crippen LogP contribution in [0.2, 0.25) is 0 Å². The van der Waals surface area contributed by atoms with Gasteiger partial charge in [0.1, 0.15) is 11.5 Å². The van der Waals surface area contributed by atoms with E-state index in [4.69, 9.17) is 9.47 Å². The number of nitrogens with one attached hydrogen (secondary N) is 1. The Morgan fingerprint density at radius 3 is 2.71 bits per heavy atom. The summed E-state index contributed by atoms with van der Waals surface area (Å²) in [6, 6.07) is 6.96. The summed E-state index contributed by atoms with van der Waals surface area (Å²) in [5, 5.41) is 3.67. The molecule has 0 aromatic heterocycles. The highest BCUT2D eigenvalue weighted by Crippen LogP contribution is 2.34. The molecule has 0 bridgehead atoms. The lowest BCUT2D eigenvalue weighted by Gasteiger charge is -2.42. The van der Waals surface area contributed by atoms with Gasteiger partial charge in [0.25, 0.3) is 0 Å². The minimum atomic E-state index is 0.436. The van der Waals surface area contributed by atoms with E-state index < -0.39 is 0 Å². The van der Waals surface area contributed by atoms with Crippen LogP contribution in [0.25, 0.3) is 0 Å². The van der Waals surface area contributed by atoms with E-state index in [9.17, 15) is 0 Å². The van der Waals surface area contributed by atoms with Crippen LogP contribution in [0.4, 0.5) is 5.69 Å². The van der Waals surface area contributed by atoms with Crippen molar-refractivity contribution in [2.75, 3.05) is 32.2 Å². The third-order valence-electron chi connectivity index (χ3n) is 4.63. The molecule has 1 aromatic carbocycles. The molecular weight excluding hydrogens is 264 g/mol. The SMILES string of the molecule is CCC(C)C1CN(c2cc(OC)ccc2OC)C(C)CN1. The largest absolute Gasteiger partial charge is 0.497 e. The topological polar surface area (TPSA) is 33.7 Å². The molecule has 1 heterocycles. The van der Waals surface area contributed by atoms with Crippen molar-refractivity contribution in [3.05, 3.63) is 18.2 Å². The number of nitrogens with zero attached hydrogens (tertiary/aromatic N) is 1. The van der Waals surface area contributed by atoms with Crippen LogP contribution in [-0.4, -0.2) is 39.4 Å². The number of benzene rings is 1. The first-order valence-electron chi connectivity index (χ1n) is 7.82. The molecule has 0 aliphatic carbocycles. The fourth-order valence-electron chi connectivity index (χ4n) is 2.91. The molecule has 1 aromatic rings. The first-order chi connectivity index (χ1) is 10.1. The molecule has 3 unspecified atom stereocenters. The normalized spacial score (nSPS) is 23.8. The Morgan fingerprint density at radius 1 is 1.33 bits per heavy atom. The molecular formula is C17H28N2O2. The van der Waals surface area contributed by atoms with Gasteiger partial charge in [0.2, 0.25) is 0 Å². The average molecular weight is 292 g/mol. The molecule has 2 rings (SSSR count). The summed E-state index contributed by atoms with van der Waals surface area (Å²) in [5.74, 6) is 2.45. The molecule has 21 heavy (non-hydrogen) atoms. The van der Waals surface area contributed by atoms with Gasteiger partial charge < -0.3 is 19.7 Å². The second-order valence-electron chi connectivity index (χ2n) is 5.94. The van der Waals surface area contributed by atoms with Gasteiger partial charge in [-0.1, -0.05) is 20.3 Å². The van der Waals surface area contributed by atoms with Gasteiger partial charge in [-0.25, -0.2) is 0 Å². The summed E-state index contributed by atoms with van der Waals surface area (Å²) in [5.41, 5.74) is 1.12. The molecule has 1 aliphatic heterocycles. The molecule has 4 nitrogen and oxygen atoms in total. The van der Waals surface area contributed by atoms with Gasteiger partial charge in [0.15, 0.2) is 0 Å². The predicted octanol–water partition coefficient (Wildman–Crippen LogP) is 2.92. The van der Waals surface area contributed by atoms with Crippen molar-refractivity contribution in [2.45, 2.75) is 39.3 Å². The summed E-state index contributed by atoms with van der Waals surface area (Å²) >= 11 is 0. The summed E-state index contributed by atoms with van der Waals surface area (Å²) in [4.78, 5) is 2.44. The maximum Gasteiger partial charge on any atom is 0.142 e. The third-order valence-corrected chi connectivity index (χ3v) is 4.63. The second kappa shape index (κ2) is 7.03. The maximum atomic E-state index is 5.55. The van der Waals surface area contributed by atoms with Crippen LogP contribution < -0.4 is 19.7 Å². The van der Waals surface area contributed by atoms with Crippen molar-refractivity contribution in [3.8, 4) is 11.5 Å². The van der Waals surface area contributed by atoms with Gasteiger partial charge in [-0.15, -0.1) is 0 Å². The molecule has 4 heteroatoms. The number of rotatable bonds is 5. The molecule has 0 radical (unpaired) electrons. The monoisotopic (exact) mass is 292 g/mol. The summed E-state index contributed by atoms with van der Waals surface area (Å²) in [6.45, 7) is 8.81. The van der Waals surface area contributed by atoms with Crippen LogP contribution in [0, 0.1) is 5.92 Å². The Balaban J connectivity index is 2.29. The van der Waals surface area contributed by atoms with Crippen LogP contribution in [0.3, 0.4) is 0 Å². The van der Waals surface area contributed by atoms with Gasteiger partial charge in [0.05, 0.1) is 19.9 Å². The van der Waals surface area contributed by atoms with E-state index in [1.807, 2.05) is 12.1 Å². The highest BCUT2D eigenvalue weighted by Gasteiger charge is 2.29. The van der Waals surface area contributed by atoms with Gasteiger partial charge in [-0.2, -0.15) is 0 Å². The van der Waals surface area contributed by atoms with E-state index in [1.165, 1.54) is 6.42 Å². The van der Waals surface area contributed by atoms with Gasteiger partial charge in [-0.05, 0) is 25.0 Å². The lowest BCUT2D eigenvalue weighted by atomic mass is 9.95. The zero-order valence-electron chi connectivity index (χ0n) is 13.8. The van der Waals surface area contributed by atoms with Crippen LogP contribution in [0.15, 0.2) is 18.2 Å². The minimum Gasteiger partial charge on any atom is -0.497 e. The Morgan fingerprint density at radius 2 is 2.10 bits per heavy atom. The summed E-state index contributed by atoms with van der Waals surface area (Å²) < 4.78 is 10.9. The molecule has 0 amide bonds. The Hall–Kier alpha value is -1.42. The van der Waals surface area contributed by atoms with E-state index >= 15 is 0 Å². The van der Waals surface area contributed by atoms with Crippen molar-refractivity contribution < 1.29 is 9.47 Å². The smallest absolute Gasteiger partial charge is 0.142 e. The number of ether oxygens (including phenoxy) is 2. The van der Waals surface area contributed by atoms with E-state index in [0.29, 0.717) is 18.0 Å². The molecule has 0 spiro atoms. The number of hydrogen-bond acceptors (Lipinski definition) is 4. The van der Waals surface area contributed by atoms with Gasteiger partial charge in [-0.3, -0.25) is 0 Å². The molecule has 1 aliphatic rings. The highest BCUT2D eigenvalue weighted by molar-refractivity contribution is 5.62. The first-order valence-corrected chi connectivity index (χ1v) is 7.82. The van der Waals surface area contributed by atoms with E-state index in [-0.39, 0.29) is 0 Å². The molecule has 118 valence electrons. The average Bonchev–Trinajstić information content (AvgIpc) is 2.53. The zero-order valence-corrected chi connectivity index (χ0v) is 13.8. The lowest BCUT2D eigenvalue weighted by Crippen LogP contribution is -2.57. The van der Waals surface area contributed by atoms with Crippen molar-refractivity contribution in [3.63, 3.8) is 0 Å². The van der Waals surface area contributed by atoms with Crippen LogP contribution in [-0.2, 0) is 0 Å². The third kappa shape index (κ3) is 3.43. The quantitative estimate of drug-likeness (QED) is 0.905. The second-order valence-corrected chi connectivity index (χ2v) is 5.94. The standard InChI is InChI=1S/C17H28N2O2/c1-6-12(2)15-11-19(13(3)10-18-15)16-9-14(20-4)7-8-17(16)21-5/h7-9,12-13,15,18H,6,10-11H2,1-5H3. The first kappa shape index (κ1) is 16.0. The van der Waals surface area contributed by atoms with Crippen molar-refractivity contribution in [2.24, 2.45) is 5.92 Å². The fraction of sp³-hybridized carbons (Fsp3) is 0.647. The van der Waals surface area contributed by atoms with Gasteiger partial charge >= 0.3 is 0 Å². The molecule has 1 saturated heterocycles. The minimum absolute atomic E-state index is 0.436. The predicted molar refractivity (Wildman–Crippen MR) is 87.6 cm³/mol. The van der Waals surface area contributed by atoms with Crippen LogP contribution >= 0.6 is 0 Å². The van der Waals surface area contributed by atoms with Crippen molar-refractivity contribution in [1.29, 1.82) is 0 Å². The number of methoxy groups -OCH3 is 2. The van der Waals surface area contributed by atoms with E-state index in [0.717, 1.165) is 30.3 Å².